The Balaban J connectivity index is 2.17. The molecule has 0 bridgehead atoms. The Morgan fingerprint density at radius 3 is 2.50 bits per heavy atom. The molecule has 0 spiro atoms. The van der Waals surface area contributed by atoms with Crippen LogP contribution in [0.1, 0.15) is 29.3 Å². The van der Waals surface area contributed by atoms with Gasteiger partial charge in [-0.05, 0) is 42.7 Å². The van der Waals surface area contributed by atoms with E-state index in [-0.39, 0.29) is 5.91 Å². The van der Waals surface area contributed by atoms with Crippen molar-refractivity contribution >= 4 is 11.7 Å². The summed E-state index contributed by atoms with van der Waals surface area (Å²) in [6, 6.07) is 9.61. The van der Waals surface area contributed by atoms with Crippen molar-refractivity contribution in [3.8, 4) is 11.1 Å². The molecule has 0 aliphatic carbocycles. The third-order valence-electron chi connectivity index (χ3n) is 3.93. The second-order valence-corrected chi connectivity index (χ2v) is 5.79. The summed E-state index contributed by atoms with van der Waals surface area (Å²) >= 11 is 0. The van der Waals surface area contributed by atoms with Crippen LogP contribution < -0.4 is 5.73 Å². The first kappa shape index (κ1) is 17.9. The molecule has 0 saturated carbocycles. The van der Waals surface area contributed by atoms with Crippen molar-refractivity contribution in [2.75, 3.05) is 32.5 Å². The molecule has 2 aromatic rings. The molecule has 2 N–H and O–H groups in total. The molecule has 0 aliphatic heterocycles. The van der Waals surface area contributed by atoms with Crippen LogP contribution in [0, 0.1) is 6.92 Å². The number of ether oxygens (including phenoxy) is 1. The number of aromatic nitrogens is 1. The van der Waals surface area contributed by atoms with E-state index in [2.05, 4.69) is 11.9 Å². The summed E-state index contributed by atoms with van der Waals surface area (Å²) in [4.78, 5) is 18.6. The molecule has 1 aromatic heterocycles. The Morgan fingerprint density at radius 1 is 1.21 bits per heavy atom. The summed E-state index contributed by atoms with van der Waals surface area (Å²) in [7, 11) is 1.64. The van der Waals surface area contributed by atoms with Crippen molar-refractivity contribution in [3.05, 3.63) is 47.7 Å². The van der Waals surface area contributed by atoms with E-state index in [9.17, 15) is 4.79 Å². The number of carbonyl (C=O) groups is 1. The normalized spacial score (nSPS) is 10.6. The number of amides is 1. The molecule has 0 aliphatic rings. The molecule has 1 amide bonds. The molecule has 24 heavy (non-hydrogen) atoms. The molecule has 0 fully saturated rings. The zero-order chi connectivity index (χ0) is 17.5. The van der Waals surface area contributed by atoms with E-state index in [1.165, 1.54) is 0 Å². The van der Waals surface area contributed by atoms with E-state index in [1.54, 1.807) is 13.3 Å². The summed E-state index contributed by atoms with van der Waals surface area (Å²) in [6.45, 7) is 5.87. The molecule has 1 heterocycles. The summed E-state index contributed by atoms with van der Waals surface area (Å²) in [6.07, 6.45) is 2.67. The third kappa shape index (κ3) is 4.32. The number of anilines is 1. The number of rotatable bonds is 7. The molecular weight excluding hydrogens is 302 g/mol. The maximum Gasteiger partial charge on any atom is 0.253 e. The first-order valence-electron chi connectivity index (χ1n) is 8.17. The molecule has 128 valence electrons. The van der Waals surface area contributed by atoms with Gasteiger partial charge in [0.2, 0.25) is 0 Å². The van der Waals surface area contributed by atoms with Crippen molar-refractivity contribution in [1.29, 1.82) is 0 Å². The molecule has 5 nitrogen and oxygen atoms in total. The van der Waals surface area contributed by atoms with Gasteiger partial charge in [-0.1, -0.05) is 19.1 Å². The number of hydrogen-bond donors (Lipinski definition) is 1. The number of benzene rings is 1. The molecular formula is C19H25N3O2. The van der Waals surface area contributed by atoms with Crippen LogP contribution in [-0.2, 0) is 4.74 Å². The second-order valence-electron chi connectivity index (χ2n) is 5.79. The lowest BCUT2D eigenvalue weighted by Gasteiger charge is -2.22. The highest BCUT2D eigenvalue weighted by Crippen LogP contribution is 2.22. The lowest BCUT2D eigenvalue weighted by Crippen LogP contribution is -2.34. The van der Waals surface area contributed by atoms with Gasteiger partial charge in [0.1, 0.15) is 5.82 Å². The molecule has 5 heteroatoms. The zero-order valence-electron chi connectivity index (χ0n) is 14.6. The fourth-order valence-electron chi connectivity index (χ4n) is 2.52. The molecule has 2 rings (SSSR count). The highest BCUT2D eigenvalue weighted by atomic mass is 16.5. The van der Waals surface area contributed by atoms with Gasteiger partial charge in [-0.2, -0.15) is 0 Å². The Labute approximate surface area is 143 Å². The van der Waals surface area contributed by atoms with Crippen LogP contribution in [0.4, 0.5) is 5.82 Å². The van der Waals surface area contributed by atoms with E-state index in [4.69, 9.17) is 10.5 Å². The Hall–Kier alpha value is -2.40. The Morgan fingerprint density at radius 2 is 1.92 bits per heavy atom. The molecule has 1 aromatic carbocycles. The van der Waals surface area contributed by atoms with Crippen molar-refractivity contribution in [2.45, 2.75) is 20.3 Å². The van der Waals surface area contributed by atoms with E-state index in [0.29, 0.717) is 24.5 Å². The van der Waals surface area contributed by atoms with Gasteiger partial charge in [0, 0.05) is 37.5 Å². The summed E-state index contributed by atoms with van der Waals surface area (Å²) in [5.41, 5.74) is 9.40. The van der Waals surface area contributed by atoms with Crippen LogP contribution in [0.25, 0.3) is 11.1 Å². The largest absolute Gasteiger partial charge is 0.383 e. The average Bonchev–Trinajstić information content (AvgIpc) is 2.60. The number of hydrogen-bond acceptors (Lipinski definition) is 4. The average molecular weight is 327 g/mol. The number of aryl methyl sites for hydroxylation is 1. The van der Waals surface area contributed by atoms with Gasteiger partial charge in [-0.3, -0.25) is 4.79 Å². The minimum atomic E-state index is 0.0343. The number of nitrogen functional groups attached to an aromatic ring is 1. The van der Waals surface area contributed by atoms with Gasteiger partial charge in [0.25, 0.3) is 5.91 Å². The van der Waals surface area contributed by atoms with E-state index >= 15 is 0 Å². The van der Waals surface area contributed by atoms with Gasteiger partial charge < -0.3 is 15.4 Å². The maximum atomic E-state index is 12.6. The lowest BCUT2D eigenvalue weighted by molar-refractivity contribution is 0.0695. The van der Waals surface area contributed by atoms with E-state index < -0.39 is 0 Å². The SMILES string of the molecule is CCCN(CCOC)C(=O)c1ccc(-c2cnc(N)c(C)c2)cc1. The van der Waals surface area contributed by atoms with Crippen molar-refractivity contribution in [3.63, 3.8) is 0 Å². The van der Waals surface area contributed by atoms with Crippen LogP contribution in [0.2, 0.25) is 0 Å². The number of pyridine rings is 1. The fraction of sp³-hybridized carbons (Fsp3) is 0.368. The summed E-state index contributed by atoms with van der Waals surface area (Å²) < 4.78 is 5.09. The quantitative estimate of drug-likeness (QED) is 0.848. The monoisotopic (exact) mass is 327 g/mol. The van der Waals surface area contributed by atoms with Crippen LogP contribution in [0.3, 0.4) is 0 Å². The van der Waals surface area contributed by atoms with Gasteiger partial charge >= 0.3 is 0 Å². The standard InChI is InChI=1S/C19H25N3O2/c1-4-9-22(10-11-24-3)19(23)16-7-5-15(6-8-16)17-12-14(2)18(20)21-13-17/h5-8,12-13H,4,9-11H2,1-3H3,(H2,20,21). The summed E-state index contributed by atoms with van der Waals surface area (Å²) in [5, 5.41) is 0. The number of nitrogens with two attached hydrogens (primary N) is 1. The first-order valence-corrected chi connectivity index (χ1v) is 8.17. The minimum absolute atomic E-state index is 0.0343. The Kier molecular flexibility index (Phi) is 6.32. The first-order chi connectivity index (χ1) is 11.6. The third-order valence-corrected chi connectivity index (χ3v) is 3.93. The van der Waals surface area contributed by atoms with Crippen molar-refractivity contribution < 1.29 is 9.53 Å². The van der Waals surface area contributed by atoms with Gasteiger partial charge in [0.05, 0.1) is 6.61 Å². The van der Waals surface area contributed by atoms with E-state index in [1.807, 2.05) is 42.2 Å². The van der Waals surface area contributed by atoms with Crippen molar-refractivity contribution in [1.82, 2.24) is 9.88 Å². The van der Waals surface area contributed by atoms with Crippen LogP contribution in [0.5, 0.6) is 0 Å². The number of nitrogens with zero attached hydrogens (tertiary/aromatic N) is 2. The van der Waals surface area contributed by atoms with Crippen LogP contribution in [-0.4, -0.2) is 42.6 Å². The van der Waals surface area contributed by atoms with Gasteiger partial charge in [-0.25, -0.2) is 4.98 Å². The highest BCUT2D eigenvalue weighted by molar-refractivity contribution is 5.94. The highest BCUT2D eigenvalue weighted by Gasteiger charge is 2.14. The van der Waals surface area contributed by atoms with Gasteiger partial charge in [-0.15, -0.1) is 0 Å². The Bertz CT molecular complexity index is 684. The molecule has 0 saturated heterocycles. The van der Waals surface area contributed by atoms with Crippen LogP contribution in [0.15, 0.2) is 36.5 Å². The lowest BCUT2D eigenvalue weighted by atomic mass is 10.0. The summed E-state index contributed by atoms with van der Waals surface area (Å²) in [5.74, 6) is 0.575. The van der Waals surface area contributed by atoms with Crippen molar-refractivity contribution in [2.24, 2.45) is 0 Å². The van der Waals surface area contributed by atoms with Gasteiger partial charge in [0.15, 0.2) is 0 Å². The van der Waals surface area contributed by atoms with Crippen LogP contribution >= 0.6 is 0 Å². The smallest absolute Gasteiger partial charge is 0.253 e. The number of carbonyl (C=O) groups excluding carboxylic acids is 1. The minimum Gasteiger partial charge on any atom is -0.383 e. The maximum absolute atomic E-state index is 12.6. The zero-order valence-corrected chi connectivity index (χ0v) is 14.6. The predicted octanol–water partition coefficient (Wildman–Crippen LogP) is 3.14. The fourth-order valence-corrected chi connectivity index (χ4v) is 2.52. The topological polar surface area (TPSA) is 68.5 Å². The molecule has 0 atom stereocenters. The molecule has 0 radical (unpaired) electrons. The predicted molar refractivity (Wildman–Crippen MR) is 96.9 cm³/mol. The second kappa shape index (κ2) is 8.45. The number of methoxy groups -OCH3 is 1. The van der Waals surface area contributed by atoms with E-state index in [0.717, 1.165) is 29.7 Å². The molecule has 0 unspecified atom stereocenters.